The quantitative estimate of drug-likeness (QED) is 0.530. The summed E-state index contributed by atoms with van der Waals surface area (Å²) in [6.45, 7) is 7.77. The van der Waals surface area contributed by atoms with Gasteiger partial charge in [0, 0.05) is 5.69 Å². The molecule has 3 aromatic carbocycles. The summed E-state index contributed by atoms with van der Waals surface area (Å²) < 4.78 is 33.6. The lowest BCUT2D eigenvalue weighted by Crippen LogP contribution is -2.38. The van der Waals surface area contributed by atoms with E-state index < -0.39 is 15.9 Å². The van der Waals surface area contributed by atoms with E-state index in [0.717, 1.165) is 21.0 Å². The van der Waals surface area contributed by atoms with E-state index in [-0.39, 0.29) is 11.4 Å². The molecule has 0 spiro atoms. The molecule has 0 fully saturated rings. The fourth-order valence-corrected chi connectivity index (χ4v) is 4.78. The summed E-state index contributed by atoms with van der Waals surface area (Å²) in [4.78, 5) is 13.0. The number of aryl methyl sites for hydroxylation is 3. The van der Waals surface area contributed by atoms with Gasteiger partial charge in [-0.2, -0.15) is 0 Å². The zero-order valence-electron chi connectivity index (χ0n) is 18.8. The molecule has 6 nitrogen and oxygen atoms in total. The molecule has 1 amide bonds. The number of benzene rings is 3. The summed E-state index contributed by atoms with van der Waals surface area (Å²) in [6, 6.07) is 19.0. The minimum atomic E-state index is -3.95. The van der Waals surface area contributed by atoms with Gasteiger partial charge in [-0.25, -0.2) is 8.42 Å². The van der Waals surface area contributed by atoms with Crippen LogP contribution < -0.4 is 14.4 Å². The largest absolute Gasteiger partial charge is 0.494 e. The van der Waals surface area contributed by atoms with Crippen molar-refractivity contribution in [1.29, 1.82) is 0 Å². The van der Waals surface area contributed by atoms with Gasteiger partial charge < -0.3 is 10.1 Å². The summed E-state index contributed by atoms with van der Waals surface area (Å²) in [5, 5.41) is 2.77. The average Bonchev–Trinajstić information content (AvgIpc) is 2.73. The molecule has 0 aliphatic heterocycles. The van der Waals surface area contributed by atoms with Crippen LogP contribution in [-0.4, -0.2) is 27.5 Å². The fraction of sp³-hybridized carbons (Fsp3) is 0.240. The van der Waals surface area contributed by atoms with E-state index in [2.05, 4.69) is 5.32 Å². The number of ether oxygens (including phenoxy) is 1. The molecule has 0 heterocycles. The topological polar surface area (TPSA) is 75.7 Å². The Morgan fingerprint density at radius 2 is 1.47 bits per heavy atom. The highest BCUT2D eigenvalue weighted by molar-refractivity contribution is 7.92. The lowest BCUT2D eigenvalue weighted by molar-refractivity contribution is -0.114. The highest BCUT2D eigenvalue weighted by Gasteiger charge is 2.27. The van der Waals surface area contributed by atoms with Crippen molar-refractivity contribution < 1.29 is 17.9 Å². The van der Waals surface area contributed by atoms with E-state index in [1.165, 1.54) is 0 Å². The molecule has 32 heavy (non-hydrogen) atoms. The van der Waals surface area contributed by atoms with Gasteiger partial charge in [0.1, 0.15) is 12.3 Å². The third-order valence-electron chi connectivity index (χ3n) is 4.84. The third-order valence-corrected chi connectivity index (χ3v) is 6.63. The second kappa shape index (κ2) is 9.87. The smallest absolute Gasteiger partial charge is 0.264 e. The minimum absolute atomic E-state index is 0.135. The number of anilines is 2. The molecule has 7 heteroatoms. The van der Waals surface area contributed by atoms with E-state index in [0.29, 0.717) is 23.7 Å². The molecule has 0 saturated carbocycles. The van der Waals surface area contributed by atoms with Gasteiger partial charge in [-0.1, -0.05) is 23.8 Å². The summed E-state index contributed by atoms with van der Waals surface area (Å²) in [7, 11) is -3.95. The zero-order valence-corrected chi connectivity index (χ0v) is 19.6. The van der Waals surface area contributed by atoms with Gasteiger partial charge in [-0.15, -0.1) is 0 Å². The van der Waals surface area contributed by atoms with Gasteiger partial charge in [-0.3, -0.25) is 9.10 Å². The lowest BCUT2D eigenvalue weighted by atomic mass is 10.1. The molecule has 168 valence electrons. The summed E-state index contributed by atoms with van der Waals surface area (Å²) in [5.74, 6) is 0.258. The molecule has 0 aliphatic rings. The third kappa shape index (κ3) is 5.68. The van der Waals surface area contributed by atoms with Crippen molar-refractivity contribution in [2.45, 2.75) is 32.6 Å². The van der Waals surface area contributed by atoms with Crippen molar-refractivity contribution in [2.24, 2.45) is 0 Å². The summed E-state index contributed by atoms with van der Waals surface area (Å²) in [5.41, 5.74) is 3.79. The van der Waals surface area contributed by atoms with Crippen molar-refractivity contribution in [1.82, 2.24) is 0 Å². The monoisotopic (exact) mass is 452 g/mol. The van der Waals surface area contributed by atoms with Crippen LogP contribution in [0.25, 0.3) is 0 Å². The molecule has 0 unspecified atom stereocenters. The number of hydrogen-bond acceptors (Lipinski definition) is 4. The maximum atomic E-state index is 13.5. The predicted molar refractivity (Wildman–Crippen MR) is 128 cm³/mol. The van der Waals surface area contributed by atoms with Crippen LogP contribution >= 0.6 is 0 Å². The molecule has 0 saturated heterocycles. The second-order valence-electron chi connectivity index (χ2n) is 7.68. The number of nitrogens with one attached hydrogen (secondary N) is 1. The second-order valence-corrected chi connectivity index (χ2v) is 9.54. The predicted octanol–water partition coefficient (Wildman–Crippen LogP) is 4.84. The number of nitrogens with zero attached hydrogens (tertiary/aromatic N) is 1. The van der Waals surface area contributed by atoms with Crippen LogP contribution in [0.1, 0.15) is 23.6 Å². The van der Waals surface area contributed by atoms with Crippen LogP contribution in [0.15, 0.2) is 71.6 Å². The van der Waals surface area contributed by atoms with Gasteiger partial charge in [0.15, 0.2) is 0 Å². The van der Waals surface area contributed by atoms with Crippen molar-refractivity contribution >= 4 is 27.3 Å². The van der Waals surface area contributed by atoms with Crippen molar-refractivity contribution in [3.63, 3.8) is 0 Å². The van der Waals surface area contributed by atoms with E-state index in [4.69, 9.17) is 4.74 Å². The van der Waals surface area contributed by atoms with Gasteiger partial charge in [0.25, 0.3) is 10.0 Å². The highest BCUT2D eigenvalue weighted by Crippen LogP contribution is 2.26. The average molecular weight is 453 g/mol. The maximum absolute atomic E-state index is 13.5. The number of rotatable bonds is 8. The standard InChI is InChI=1S/C25H28N2O4S/c1-5-31-23-10-8-21(9-11-23)26-25(28)17-27(22-15-19(3)14-20(4)16-22)32(29,30)24-12-6-18(2)7-13-24/h6-16H,5,17H2,1-4H3,(H,26,28). The van der Waals surface area contributed by atoms with Gasteiger partial charge in [0.2, 0.25) is 5.91 Å². The molecule has 0 bridgehead atoms. The Morgan fingerprint density at radius 3 is 2.03 bits per heavy atom. The SMILES string of the molecule is CCOc1ccc(NC(=O)CN(c2cc(C)cc(C)c2)S(=O)(=O)c2ccc(C)cc2)cc1. The Hall–Kier alpha value is -3.32. The van der Waals surface area contributed by atoms with E-state index in [9.17, 15) is 13.2 Å². The van der Waals surface area contributed by atoms with E-state index >= 15 is 0 Å². The molecule has 0 aliphatic carbocycles. The van der Waals surface area contributed by atoms with Crippen LogP contribution in [0, 0.1) is 20.8 Å². The maximum Gasteiger partial charge on any atom is 0.264 e. The van der Waals surface area contributed by atoms with Gasteiger partial charge in [-0.05, 0) is 87.4 Å². The number of carbonyl (C=O) groups is 1. The first-order valence-corrected chi connectivity index (χ1v) is 11.8. The molecule has 0 atom stereocenters. The fourth-order valence-electron chi connectivity index (χ4n) is 3.38. The molecular weight excluding hydrogens is 424 g/mol. The van der Waals surface area contributed by atoms with E-state index in [1.807, 2.05) is 33.8 Å². The Labute approximate surface area is 189 Å². The summed E-state index contributed by atoms with van der Waals surface area (Å²) in [6.07, 6.45) is 0. The van der Waals surface area contributed by atoms with Crippen LogP contribution in [0.2, 0.25) is 0 Å². The van der Waals surface area contributed by atoms with Crippen LogP contribution in [0.3, 0.4) is 0 Å². The lowest BCUT2D eigenvalue weighted by Gasteiger charge is -2.25. The van der Waals surface area contributed by atoms with Gasteiger partial charge in [0.05, 0.1) is 17.2 Å². The molecule has 3 aromatic rings. The summed E-state index contributed by atoms with van der Waals surface area (Å²) >= 11 is 0. The molecule has 0 radical (unpaired) electrons. The Kier molecular flexibility index (Phi) is 7.20. The Morgan fingerprint density at radius 1 is 0.875 bits per heavy atom. The Bertz CT molecular complexity index is 1170. The van der Waals surface area contributed by atoms with Crippen molar-refractivity contribution in [2.75, 3.05) is 22.8 Å². The molecular formula is C25H28N2O4S. The van der Waals surface area contributed by atoms with Crippen molar-refractivity contribution in [3.05, 3.63) is 83.4 Å². The van der Waals surface area contributed by atoms with Crippen LogP contribution in [0.4, 0.5) is 11.4 Å². The number of carbonyl (C=O) groups excluding carboxylic acids is 1. The highest BCUT2D eigenvalue weighted by atomic mass is 32.2. The molecule has 3 rings (SSSR count). The minimum Gasteiger partial charge on any atom is -0.494 e. The number of sulfonamides is 1. The first-order valence-electron chi connectivity index (χ1n) is 10.4. The number of amides is 1. The normalized spacial score (nSPS) is 11.1. The molecule has 1 N–H and O–H groups in total. The van der Waals surface area contributed by atoms with E-state index in [1.54, 1.807) is 60.7 Å². The Balaban J connectivity index is 1.91. The van der Waals surface area contributed by atoms with Crippen molar-refractivity contribution in [3.8, 4) is 5.75 Å². The van der Waals surface area contributed by atoms with Gasteiger partial charge >= 0.3 is 0 Å². The molecule has 0 aromatic heterocycles. The number of hydrogen-bond donors (Lipinski definition) is 1. The zero-order chi connectivity index (χ0) is 23.3. The first kappa shape index (κ1) is 23.3. The first-order chi connectivity index (χ1) is 15.2. The van der Waals surface area contributed by atoms with Crippen LogP contribution in [0.5, 0.6) is 5.75 Å². The van der Waals surface area contributed by atoms with Crippen LogP contribution in [-0.2, 0) is 14.8 Å².